The van der Waals surface area contributed by atoms with Crippen LogP contribution in [0, 0.1) is 5.92 Å². The van der Waals surface area contributed by atoms with Gasteiger partial charge in [-0.15, -0.1) is 0 Å². The molecular formula is C26H30N4O4S. The average Bonchev–Trinajstić information content (AvgIpc) is 3.55. The molecule has 3 aromatic rings. The van der Waals surface area contributed by atoms with Crippen molar-refractivity contribution in [2.75, 3.05) is 44.2 Å². The number of aryl methyl sites for hydroxylation is 2. The molecule has 0 unspecified atom stereocenters. The Morgan fingerprint density at radius 3 is 2.43 bits per heavy atom. The van der Waals surface area contributed by atoms with Gasteiger partial charge in [-0.1, -0.05) is 18.2 Å². The van der Waals surface area contributed by atoms with Crippen LogP contribution in [-0.2, 0) is 27.7 Å². The fourth-order valence-corrected chi connectivity index (χ4v) is 7.05. The van der Waals surface area contributed by atoms with Crippen molar-refractivity contribution in [2.45, 2.75) is 37.0 Å². The first kappa shape index (κ1) is 22.5. The number of aromatic nitrogens is 1. The topological polar surface area (TPSA) is 87.0 Å². The van der Waals surface area contributed by atoms with E-state index in [0.29, 0.717) is 37.1 Å². The molecule has 3 aliphatic rings. The summed E-state index contributed by atoms with van der Waals surface area (Å²) in [7, 11) is -3.54. The molecule has 0 saturated carbocycles. The average molecular weight is 495 g/mol. The van der Waals surface area contributed by atoms with E-state index < -0.39 is 10.0 Å². The van der Waals surface area contributed by atoms with Crippen LogP contribution >= 0.6 is 0 Å². The fraction of sp³-hybridized carbons (Fsp3) is 0.462. The van der Waals surface area contributed by atoms with E-state index in [9.17, 15) is 13.2 Å². The summed E-state index contributed by atoms with van der Waals surface area (Å²) in [5, 5.41) is 0. The van der Waals surface area contributed by atoms with Crippen LogP contribution in [0.3, 0.4) is 0 Å². The van der Waals surface area contributed by atoms with Crippen LogP contribution in [0.15, 0.2) is 51.8 Å². The molecule has 1 aliphatic carbocycles. The summed E-state index contributed by atoms with van der Waals surface area (Å²) in [6.07, 6.45) is 4.56. The van der Waals surface area contributed by atoms with Gasteiger partial charge in [0.1, 0.15) is 5.52 Å². The molecule has 6 rings (SSSR count). The van der Waals surface area contributed by atoms with Gasteiger partial charge in [-0.3, -0.25) is 4.79 Å². The van der Waals surface area contributed by atoms with E-state index in [1.807, 2.05) is 41.3 Å². The van der Waals surface area contributed by atoms with E-state index in [1.165, 1.54) is 9.87 Å². The van der Waals surface area contributed by atoms with Gasteiger partial charge in [0.2, 0.25) is 15.9 Å². The maximum atomic E-state index is 13.2. The lowest BCUT2D eigenvalue weighted by Gasteiger charge is -2.37. The zero-order valence-electron chi connectivity index (χ0n) is 19.7. The van der Waals surface area contributed by atoms with Crippen molar-refractivity contribution >= 4 is 33.0 Å². The highest BCUT2D eigenvalue weighted by Crippen LogP contribution is 2.29. The van der Waals surface area contributed by atoms with E-state index in [-0.39, 0.29) is 11.8 Å². The van der Waals surface area contributed by atoms with Crippen molar-refractivity contribution in [3.63, 3.8) is 0 Å². The molecule has 2 saturated heterocycles. The molecule has 0 atom stereocenters. The van der Waals surface area contributed by atoms with E-state index in [1.54, 1.807) is 6.07 Å². The summed E-state index contributed by atoms with van der Waals surface area (Å²) >= 11 is 0. The molecule has 1 aromatic heterocycles. The minimum atomic E-state index is -3.54. The molecular weight excluding hydrogens is 464 g/mol. The van der Waals surface area contributed by atoms with Gasteiger partial charge >= 0.3 is 0 Å². The first-order valence-corrected chi connectivity index (χ1v) is 13.9. The molecule has 0 N–H and O–H groups in total. The molecule has 8 nitrogen and oxygen atoms in total. The fourth-order valence-electron chi connectivity index (χ4n) is 5.58. The Morgan fingerprint density at radius 1 is 0.914 bits per heavy atom. The molecule has 1 amide bonds. The number of hydrogen-bond acceptors (Lipinski definition) is 6. The standard InChI is InChI=1S/C26H30N4O4S/c31-25(20-10-12-29(13-11-20)26-27-23-6-1-2-7-24(23)34-26)28-14-16-30(17-15-28)35(32,33)22-9-8-19-4-3-5-21(19)18-22/h1-2,6-9,18,20H,3-5,10-17H2. The third kappa shape index (κ3) is 4.21. The van der Waals surface area contributed by atoms with Gasteiger partial charge < -0.3 is 14.2 Å². The first-order valence-electron chi connectivity index (χ1n) is 12.5. The number of piperidine rings is 1. The van der Waals surface area contributed by atoms with Gasteiger partial charge in [0.05, 0.1) is 4.90 Å². The summed E-state index contributed by atoms with van der Waals surface area (Å²) in [5.41, 5.74) is 4.03. The minimum Gasteiger partial charge on any atom is -0.423 e. The number of carbonyl (C=O) groups excluding carboxylic acids is 1. The van der Waals surface area contributed by atoms with Crippen LogP contribution in [0.25, 0.3) is 11.1 Å². The van der Waals surface area contributed by atoms with Crippen molar-refractivity contribution in [3.8, 4) is 0 Å². The lowest BCUT2D eigenvalue weighted by molar-refractivity contribution is -0.137. The van der Waals surface area contributed by atoms with Crippen LogP contribution in [-0.4, -0.2) is 67.8 Å². The van der Waals surface area contributed by atoms with Gasteiger partial charge in [0.15, 0.2) is 5.58 Å². The lowest BCUT2D eigenvalue weighted by Crippen LogP contribution is -2.52. The van der Waals surface area contributed by atoms with Gasteiger partial charge in [0.25, 0.3) is 6.01 Å². The van der Waals surface area contributed by atoms with Gasteiger partial charge in [-0.2, -0.15) is 9.29 Å². The Morgan fingerprint density at radius 2 is 1.66 bits per heavy atom. The predicted molar refractivity (Wildman–Crippen MR) is 133 cm³/mol. The Hall–Kier alpha value is -2.91. The number of sulfonamides is 1. The van der Waals surface area contributed by atoms with E-state index in [2.05, 4.69) is 9.88 Å². The van der Waals surface area contributed by atoms with Crippen molar-refractivity contribution < 1.29 is 17.6 Å². The van der Waals surface area contributed by atoms with Crippen LogP contribution in [0.5, 0.6) is 0 Å². The molecule has 35 heavy (non-hydrogen) atoms. The SMILES string of the molecule is O=C(C1CCN(c2nc3ccccc3o2)CC1)N1CCN(S(=O)(=O)c2ccc3c(c2)CCC3)CC1. The van der Waals surface area contributed by atoms with Crippen molar-refractivity contribution in [3.05, 3.63) is 53.6 Å². The van der Waals surface area contributed by atoms with Crippen LogP contribution < -0.4 is 4.90 Å². The Bertz CT molecular complexity index is 1320. The molecule has 0 bridgehead atoms. The van der Waals surface area contributed by atoms with Crippen molar-refractivity contribution in [1.29, 1.82) is 0 Å². The number of piperazine rings is 1. The summed E-state index contributed by atoms with van der Waals surface area (Å²) in [6, 6.07) is 13.9. The number of hydrogen-bond donors (Lipinski definition) is 0. The predicted octanol–water partition coefficient (Wildman–Crippen LogP) is 3.07. The van der Waals surface area contributed by atoms with Crippen molar-refractivity contribution in [1.82, 2.24) is 14.2 Å². The minimum absolute atomic E-state index is 0.0458. The number of fused-ring (bicyclic) bond motifs is 2. The number of anilines is 1. The molecule has 3 heterocycles. The van der Waals surface area contributed by atoms with E-state index in [4.69, 9.17) is 4.42 Å². The van der Waals surface area contributed by atoms with Crippen LogP contribution in [0.2, 0.25) is 0 Å². The first-order chi connectivity index (χ1) is 17.0. The van der Waals surface area contributed by atoms with E-state index >= 15 is 0 Å². The highest BCUT2D eigenvalue weighted by molar-refractivity contribution is 7.89. The maximum absolute atomic E-state index is 13.2. The third-order valence-corrected chi connectivity index (χ3v) is 9.55. The smallest absolute Gasteiger partial charge is 0.298 e. The van der Waals surface area contributed by atoms with E-state index in [0.717, 1.165) is 61.9 Å². The lowest BCUT2D eigenvalue weighted by atomic mass is 9.95. The zero-order chi connectivity index (χ0) is 24.0. The summed E-state index contributed by atoms with van der Waals surface area (Å²) in [6.45, 7) is 2.99. The quantitative estimate of drug-likeness (QED) is 0.554. The van der Waals surface area contributed by atoms with Gasteiger partial charge in [0, 0.05) is 45.2 Å². The Labute approximate surface area is 205 Å². The largest absolute Gasteiger partial charge is 0.423 e. The zero-order valence-corrected chi connectivity index (χ0v) is 20.5. The Kier molecular flexibility index (Phi) is 5.76. The maximum Gasteiger partial charge on any atom is 0.298 e. The molecule has 2 fully saturated rings. The monoisotopic (exact) mass is 494 g/mol. The highest BCUT2D eigenvalue weighted by atomic mass is 32.2. The molecule has 184 valence electrons. The number of benzene rings is 2. The molecule has 2 aliphatic heterocycles. The van der Waals surface area contributed by atoms with Gasteiger partial charge in [-0.05, 0) is 67.5 Å². The second kappa shape index (κ2) is 8.95. The number of nitrogens with zero attached hydrogens (tertiary/aromatic N) is 4. The second-order valence-corrected chi connectivity index (χ2v) is 11.7. The summed E-state index contributed by atoms with van der Waals surface area (Å²) < 4.78 is 33.8. The number of amides is 1. The number of rotatable bonds is 4. The molecule has 9 heteroatoms. The highest BCUT2D eigenvalue weighted by Gasteiger charge is 2.34. The number of oxazole rings is 1. The molecule has 2 aromatic carbocycles. The number of para-hydroxylation sites is 2. The normalized spacial score (nSPS) is 19.9. The molecule has 0 spiro atoms. The van der Waals surface area contributed by atoms with Crippen molar-refractivity contribution in [2.24, 2.45) is 5.92 Å². The van der Waals surface area contributed by atoms with Gasteiger partial charge in [-0.25, -0.2) is 8.42 Å². The second-order valence-electron chi connectivity index (χ2n) is 9.74. The summed E-state index contributed by atoms with van der Waals surface area (Å²) in [4.78, 5) is 22.1. The van der Waals surface area contributed by atoms with Crippen LogP contribution in [0.4, 0.5) is 6.01 Å². The third-order valence-electron chi connectivity index (χ3n) is 7.66. The summed E-state index contributed by atoms with van der Waals surface area (Å²) in [5.74, 6) is 0.0901. The molecule has 0 radical (unpaired) electrons. The van der Waals surface area contributed by atoms with Crippen LogP contribution in [0.1, 0.15) is 30.4 Å². The Balaban J connectivity index is 1.04. The number of carbonyl (C=O) groups is 1.